The molecule has 5 rings (SSSR count). The van der Waals surface area contributed by atoms with E-state index in [9.17, 15) is 4.79 Å². The largest absolute Gasteiger partial charge is 0.497 e. The molecule has 3 aromatic rings. The summed E-state index contributed by atoms with van der Waals surface area (Å²) in [6.45, 7) is 6.30. The number of anilines is 1. The highest BCUT2D eigenvalue weighted by atomic mass is 32.2. The van der Waals surface area contributed by atoms with E-state index in [4.69, 9.17) is 14.1 Å². The van der Waals surface area contributed by atoms with E-state index in [1.54, 1.807) is 19.4 Å². The third-order valence-electron chi connectivity index (χ3n) is 5.84. The van der Waals surface area contributed by atoms with E-state index in [1.165, 1.54) is 0 Å². The van der Waals surface area contributed by atoms with Gasteiger partial charge in [-0.2, -0.15) is 0 Å². The monoisotopic (exact) mass is 451 g/mol. The first kappa shape index (κ1) is 20.8. The number of aromatic nitrogens is 2. The van der Waals surface area contributed by atoms with E-state index < -0.39 is 0 Å². The van der Waals surface area contributed by atoms with Gasteiger partial charge in [0.25, 0.3) is 0 Å². The summed E-state index contributed by atoms with van der Waals surface area (Å²) in [5.41, 5.74) is 1.76. The van der Waals surface area contributed by atoms with E-state index >= 15 is 0 Å². The van der Waals surface area contributed by atoms with Gasteiger partial charge in [0, 0.05) is 44.2 Å². The maximum absolute atomic E-state index is 12.9. The quantitative estimate of drug-likeness (QED) is 0.599. The van der Waals surface area contributed by atoms with Gasteiger partial charge in [-0.15, -0.1) is 0 Å². The molecule has 0 spiro atoms. The lowest BCUT2D eigenvalue weighted by molar-refractivity contribution is 0.391. The van der Waals surface area contributed by atoms with Crippen molar-refractivity contribution in [3.8, 4) is 17.2 Å². The van der Waals surface area contributed by atoms with Gasteiger partial charge in [0.15, 0.2) is 5.17 Å². The minimum Gasteiger partial charge on any atom is -0.497 e. The highest BCUT2D eigenvalue weighted by molar-refractivity contribution is 8.14. The van der Waals surface area contributed by atoms with Crippen molar-refractivity contribution >= 4 is 33.7 Å². The van der Waals surface area contributed by atoms with Crippen LogP contribution in [0.15, 0.2) is 44.7 Å². The third-order valence-corrected chi connectivity index (χ3v) is 6.87. The van der Waals surface area contributed by atoms with Crippen LogP contribution in [0, 0.1) is 0 Å². The predicted octanol–water partition coefficient (Wildman–Crippen LogP) is 3.05. The van der Waals surface area contributed by atoms with Crippen LogP contribution in [0.4, 0.5) is 5.82 Å². The van der Waals surface area contributed by atoms with Gasteiger partial charge < -0.3 is 19.0 Å². The zero-order valence-electron chi connectivity index (χ0n) is 18.2. The van der Waals surface area contributed by atoms with Gasteiger partial charge >= 0.3 is 5.63 Å². The van der Waals surface area contributed by atoms with E-state index in [0.717, 1.165) is 55.0 Å². The molecule has 2 aliphatic heterocycles. The van der Waals surface area contributed by atoms with Gasteiger partial charge in [0.2, 0.25) is 5.89 Å². The molecule has 0 radical (unpaired) electrons. The summed E-state index contributed by atoms with van der Waals surface area (Å²) in [5.74, 6) is 2.80. The second-order valence-corrected chi connectivity index (χ2v) is 8.76. The maximum atomic E-state index is 12.9. The van der Waals surface area contributed by atoms with Crippen molar-refractivity contribution in [1.29, 1.82) is 0 Å². The Balaban J connectivity index is 1.50. The molecule has 0 aliphatic carbocycles. The van der Waals surface area contributed by atoms with E-state index in [-0.39, 0.29) is 11.5 Å². The number of piperazine rings is 1. The van der Waals surface area contributed by atoms with Crippen LogP contribution in [0.25, 0.3) is 22.4 Å². The standard InChI is InChI=1S/C23H25N5O3S/c1-3-15-13-16(30-2)14-18-19(15)22(29)31-21(26-18)17-5-4-6-24-20(17)27-8-10-28(11-9-27)23-25-7-12-32-23/h4-6,13-14H,3,7-12H2,1-2H3. The number of aliphatic imine (C=N–C) groups is 1. The third kappa shape index (κ3) is 3.81. The molecule has 32 heavy (non-hydrogen) atoms. The fraction of sp³-hybridized carbons (Fsp3) is 0.391. The lowest BCUT2D eigenvalue weighted by Crippen LogP contribution is -2.48. The number of ether oxygens (including phenoxy) is 1. The summed E-state index contributed by atoms with van der Waals surface area (Å²) >= 11 is 1.83. The normalized spacial score (nSPS) is 16.5. The number of amidine groups is 1. The SMILES string of the molecule is CCc1cc(OC)cc2nc(-c3cccnc3N3CCN(C4=NCCS4)CC3)oc(=O)c12. The first-order chi connectivity index (χ1) is 15.7. The van der Waals surface area contributed by atoms with Crippen LogP contribution in [0.3, 0.4) is 0 Å². The fourth-order valence-electron chi connectivity index (χ4n) is 4.20. The Labute approximate surface area is 190 Å². The van der Waals surface area contributed by atoms with Crippen molar-refractivity contribution < 1.29 is 9.15 Å². The molecule has 2 aliphatic rings. The fourth-order valence-corrected chi connectivity index (χ4v) is 5.12. The van der Waals surface area contributed by atoms with E-state index in [2.05, 4.69) is 19.8 Å². The molecule has 4 heterocycles. The molecular formula is C23H25N5O3S. The Hall–Kier alpha value is -3.07. The van der Waals surface area contributed by atoms with Crippen molar-refractivity contribution in [2.24, 2.45) is 4.99 Å². The molecule has 8 nitrogen and oxygen atoms in total. The molecule has 1 fully saturated rings. The first-order valence-electron chi connectivity index (χ1n) is 10.8. The predicted molar refractivity (Wildman–Crippen MR) is 128 cm³/mol. The number of benzene rings is 1. The lowest BCUT2D eigenvalue weighted by Gasteiger charge is -2.36. The number of fused-ring (bicyclic) bond motifs is 1. The summed E-state index contributed by atoms with van der Waals surface area (Å²) in [6, 6.07) is 7.39. The maximum Gasteiger partial charge on any atom is 0.347 e. The second-order valence-electron chi connectivity index (χ2n) is 7.70. The zero-order valence-corrected chi connectivity index (χ0v) is 19.0. The number of rotatable bonds is 4. The number of hydrogen-bond acceptors (Lipinski definition) is 9. The van der Waals surface area contributed by atoms with Crippen molar-refractivity contribution in [3.63, 3.8) is 0 Å². The van der Waals surface area contributed by atoms with Gasteiger partial charge in [-0.1, -0.05) is 18.7 Å². The average molecular weight is 452 g/mol. The van der Waals surface area contributed by atoms with E-state index in [1.807, 2.05) is 36.9 Å². The first-order valence-corrected chi connectivity index (χ1v) is 11.8. The molecule has 0 amide bonds. The van der Waals surface area contributed by atoms with Gasteiger partial charge in [-0.3, -0.25) is 4.99 Å². The number of hydrogen-bond donors (Lipinski definition) is 0. The second kappa shape index (κ2) is 8.82. The lowest BCUT2D eigenvalue weighted by atomic mass is 10.1. The number of thioether (sulfide) groups is 1. The summed E-state index contributed by atoms with van der Waals surface area (Å²) < 4.78 is 11.1. The van der Waals surface area contributed by atoms with Crippen LogP contribution >= 0.6 is 11.8 Å². The van der Waals surface area contributed by atoms with Crippen LogP contribution < -0.4 is 15.3 Å². The minimum absolute atomic E-state index is 0.277. The molecule has 166 valence electrons. The highest BCUT2D eigenvalue weighted by Gasteiger charge is 2.25. The molecule has 2 aromatic heterocycles. The van der Waals surface area contributed by atoms with E-state index in [0.29, 0.717) is 28.6 Å². The Morgan fingerprint density at radius 3 is 2.72 bits per heavy atom. The highest BCUT2D eigenvalue weighted by Crippen LogP contribution is 2.30. The topological polar surface area (TPSA) is 84.1 Å². The van der Waals surface area contributed by atoms with Gasteiger partial charge in [0.1, 0.15) is 11.6 Å². The zero-order chi connectivity index (χ0) is 22.1. The van der Waals surface area contributed by atoms with Gasteiger partial charge in [-0.25, -0.2) is 14.8 Å². The molecule has 1 aromatic carbocycles. The van der Waals surface area contributed by atoms with Crippen LogP contribution in [0.5, 0.6) is 5.75 Å². The Kier molecular flexibility index (Phi) is 5.73. The van der Waals surface area contributed by atoms with Crippen LogP contribution in [-0.4, -0.2) is 65.6 Å². The molecule has 0 N–H and O–H groups in total. The van der Waals surface area contributed by atoms with Gasteiger partial charge in [-0.05, 0) is 30.2 Å². The molecule has 1 saturated heterocycles. The molecular weight excluding hydrogens is 426 g/mol. The van der Waals surface area contributed by atoms with Crippen molar-refractivity contribution in [3.05, 3.63) is 46.4 Å². The molecule has 0 atom stereocenters. The van der Waals surface area contributed by atoms with Crippen molar-refractivity contribution in [2.45, 2.75) is 13.3 Å². The molecule has 0 unspecified atom stereocenters. The van der Waals surface area contributed by atoms with Crippen LogP contribution in [0.2, 0.25) is 0 Å². The average Bonchev–Trinajstić information content (AvgIpc) is 3.38. The Morgan fingerprint density at radius 1 is 1.19 bits per heavy atom. The van der Waals surface area contributed by atoms with Crippen molar-refractivity contribution in [1.82, 2.24) is 14.9 Å². The molecule has 9 heteroatoms. The van der Waals surface area contributed by atoms with Gasteiger partial charge in [0.05, 0.1) is 30.1 Å². The number of aryl methyl sites for hydroxylation is 1. The number of nitrogens with zero attached hydrogens (tertiary/aromatic N) is 5. The minimum atomic E-state index is -0.389. The Morgan fingerprint density at radius 2 is 2.00 bits per heavy atom. The summed E-state index contributed by atoms with van der Waals surface area (Å²) in [6.07, 6.45) is 2.45. The number of methoxy groups -OCH3 is 1. The molecule has 0 saturated carbocycles. The van der Waals surface area contributed by atoms with Crippen molar-refractivity contribution in [2.75, 3.05) is 50.5 Å². The number of pyridine rings is 1. The summed E-state index contributed by atoms with van der Waals surface area (Å²) in [5, 5.41) is 1.65. The summed E-state index contributed by atoms with van der Waals surface area (Å²) in [7, 11) is 1.61. The smallest absolute Gasteiger partial charge is 0.347 e. The van der Waals surface area contributed by atoms with Crippen LogP contribution in [0.1, 0.15) is 12.5 Å². The Bertz CT molecular complexity index is 1230. The summed E-state index contributed by atoms with van der Waals surface area (Å²) in [4.78, 5) is 31.4. The molecule has 0 bridgehead atoms. The van der Waals surface area contributed by atoms with Crippen LogP contribution in [-0.2, 0) is 6.42 Å².